The van der Waals surface area contributed by atoms with Gasteiger partial charge in [0.25, 0.3) is 5.56 Å². The number of rotatable bonds is 7. The largest absolute Gasteiger partial charge is 0.346 e. The van der Waals surface area contributed by atoms with Gasteiger partial charge in [-0.3, -0.25) is 14.4 Å². The first-order valence-electron chi connectivity index (χ1n) is 8.06. The van der Waals surface area contributed by atoms with Gasteiger partial charge in [0.1, 0.15) is 6.67 Å². The Kier molecular flexibility index (Phi) is 6.22. The van der Waals surface area contributed by atoms with Crippen molar-refractivity contribution in [3.05, 3.63) is 70.1 Å². The summed E-state index contributed by atoms with van der Waals surface area (Å²) in [7, 11) is 0. The number of pyridine rings is 1. The molecule has 1 aromatic heterocycles. The van der Waals surface area contributed by atoms with E-state index in [2.05, 4.69) is 5.32 Å². The SMILES string of the molecule is CC(NC(=O)C(C)c1cccn(Cc2ccccc2)c1=O)C(=O)CF. The van der Waals surface area contributed by atoms with E-state index in [0.29, 0.717) is 12.1 Å². The van der Waals surface area contributed by atoms with Crippen LogP contribution in [0.25, 0.3) is 0 Å². The molecule has 0 bridgehead atoms. The molecule has 2 rings (SSSR count). The molecule has 1 amide bonds. The summed E-state index contributed by atoms with van der Waals surface area (Å²) in [5.41, 5.74) is 1.04. The molecule has 0 aliphatic heterocycles. The van der Waals surface area contributed by atoms with E-state index in [1.165, 1.54) is 11.5 Å². The van der Waals surface area contributed by atoms with Crippen LogP contribution in [0.15, 0.2) is 53.5 Å². The number of Topliss-reactive ketones (excluding diaryl/α,β-unsaturated/α-hetero) is 1. The van der Waals surface area contributed by atoms with Crippen molar-refractivity contribution in [3.63, 3.8) is 0 Å². The van der Waals surface area contributed by atoms with Crippen molar-refractivity contribution in [1.82, 2.24) is 9.88 Å². The molecule has 2 atom stereocenters. The molecule has 0 fully saturated rings. The van der Waals surface area contributed by atoms with Crippen LogP contribution in [0.2, 0.25) is 0 Å². The summed E-state index contributed by atoms with van der Waals surface area (Å²) < 4.78 is 13.9. The molecule has 2 unspecified atom stereocenters. The van der Waals surface area contributed by atoms with E-state index in [1.54, 1.807) is 25.3 Å². The van der Waals surface area contributed by atoms with E-state index in [0.717, 1.165) is 5.56 Å². The van der Waals surface area contributed by atoms with E-state index >= 15 is 0 Å². The van der Waals surface area contributed by atoms with Gasteiger partial charge in [-0.1, -0.05) is 36.4 Å². The molecule has 5 nitrogen and oxygen atoms in total. The standard InChI is InChI=1S/C19H21FN2O3/c1-13(18(24)21-14(2)17(23)11-20)16-9-6-10-22(19(16)25)12-15-7-4-3-5-8-15/h3-10,13-14H,11-12H2,1-2H3,(H,21,24). The van der Waals surface area contributed by atoms with Crippen LogP contribution in [-0.4, -0.2) is 29.0 Å². The minimum atomic E-state index is -1.13. The summed E-state index contributed by atoms with van der Waals surface area (Å²) in [6, 6.07) is 11.9. The van der Waals surface area contributed by atoms with Crippen molar-refractivity contribution < 1.29 is 14.0 Å². The second-order valence-electron chi connectivity index (χ2n) is 5.93. The van der Waals surface area contributed by atoms with Crippen LogP contribution in [0.1, 0.15) is 30.9 Å². The van der Waals surface area contributed by atoms with Gasteiger partial charge < -0.3 is 9.88 Å². The highest BCUT2D eigenvalue weighted by molar-refractivity contribution is 5.91. The van der Waals surface area contributed by atoms with Crippen LogP contribution in [0.3, 0.4) is 0 Å². The van der Waals surface area contributed by atoms with Gasteiger partial charge in [-0.05, 0) is 25.5 Å². The van der Waals surface area contributed by atoms with Crippen molar-refractivity contribution in [3.8, 4) is 0 Å². The number of halogens is 1. The van der Waals surface area contributed by atoms with Gasteiger partial charge in [0, 0.05) is 11.8 Å². The van der Waals surface area contributed by atoms with Crippen LogP contribution in [0.5, 0.6) is 0 Å². The third-order valence-corrected chi connectivity index (χ3v) is 4.08. The maximum atomic E-state index is 12.7. The summed E-state index contributed by atoms with van der Waals surface area (Å²) in [4.78, 5) is 36.2. The topological polar surface area (TPSA) is 68.2 Å². The lowest BCUT2D eigenvalue weighted by molar-refractivity contribution is -0.128. The summed E-state index contributed by atoms with van der Waals surface area (Å²) in [5, 5.41) is 2.45. The molecule has 25 heavy (non-hydrogen) atoms. The van der Waals surface area contributed by atoms with Gasteiger partial charge in [-0.25, -0.2) is 4.39 Å². The molecule has 132 valence electrons. The normalized spacial score (nSPS) is 13.1. The van der Waals surface area contributed by atoms with Crippen molar-refractivity contribution in [2.45, 2.75) is 32.4 Å². The Morgan fingerprint density at radius 1 is 1.12 bits per heavy atom. The molecular weight excluding hydrogens is 323 g/mol. The van der Waals surface area contributed by atoms with Gasteiger partial charge in [0.05, 0.1) is 18.5 Å². The number of amides is 1. The molecule has 0 saturated carbocycles. The predicted molar refractivity (Wildman–Crippen MR) is 93.2 cm³/mol. The fraction of sp³-hybridized carbons (Fsp3) is 0.316. The van der Waals surface area contributed by atoms with E-state index in [9.17, 15) is 18.8 Å². The summed E-state index contributed by atoms with van der Waals surface area (Å²) >= 11 is 0. The molecule has 1 heterocycles. The van der Waals surface area contributed by atoms with E-state index in [4.69, 9.17) is 0 Å². The van der Waals surface area contributed by atoms with Crippen LogP contribution >= 0.6 is 0 Å². The summed E-state index contributed by atoms with van der Waals surface area (Å²) in [6.07, 6.45) is 1.67. The second kappa shape index (κ2) is 8.37. The highest BCUT2D eigenvalue weighted by Gasteiger charge is 2.23. The number of carbonyl (C=O) groups excluding carboxylic acids is 2. The monoisotopic (exact) mass is 344 g/mol. The number of alkyl halides is 1. The average Bonchev–Trinajstić information content (AvgIpc) is 2.63. The lowest BCUT2D eigenvalue weighted by Crippen LogP contribution is -2.42. The highest BCUT2D eigenvalue weighted by atomic mass is 19.1. The lowest BCUT2D eigenvalue weighted by Gasteiger charge is -2.17. The third kappa shape index (κ3) is 4.62. The Morgan fingerprint density at radius 3 is 2.44 bits per heavy atom. The number of hydrogen-bond acceptors (Lipinski definition) is 3. The maximum Gasteiger partial charge on any atom is 0.254 e. The van der Waals surface area contributed by atoms with Crippen LogP contribution in [-0.2, 0) is 16.1 Å². The quantitative estimate of drug-likeness (QED) is 0.836. The first-order chi connectivity index (χ1) is 11.9. The van der Waals surface area contributed by atoms with Gasteiger partial charge in [0.2, 0.25) is 5.91 Å². The zero-order valence-electron chi connectivity index (χ0n) is 14.2. The minimum Gasteiger partial charge on any atom is -0.346 e. The van der Waals surface area contributed by atoms with Gasteiger partial charge in [-0.2, -0.15) is 0 Å². The van der Waals surface area contributed by atoms with Gasteiger partial charge >= 0.3 is 0 Å². The van der Waals surface area contributed by atoms with Crippen LogP contribution in [0.4, 0.5) is 4.39 Å². The van der Waals surface area contributed by atoms with Crippen molar-refractivity contribution in [2.24, 2.45) is 0 Å². The Labute approximate surface area is 145 Å². The molecule has 0 saturated heterocycles. The summed E-state index contributed by atoms with van der Waals surface area (Å²) in [5.74, 6) is -1.93. The fourth-order valence-corrected chi connectivity index (χ4v) is 2.47. The van der Waals surface area contributed by atoms with Crippen LogP contribution < -0.4 is 10.9 Å². The Hall–Kier alpha value is -2.76. The Balaban J connectivity index is 2.19. The zero-order valence-corrected chi connectivity index (χ0v) is 14.2. The molecule has 1 N–H and O–H groups in total. The molecule has 2 aromatic rings. The highest BCUT2D eigenvalue weighted by Crippen LogP contribution is 2.12. The first kappa shape index (κ1) is 18.6. The zero-order chi connectivity index (χ0) is 18.4. The summed E-state index contributed by atoms with van der Waals surface area (Å²) in [6.45, 7) is 2.28. The van der Waals surface area contributed by atoms with Crippen molar-refractivity contribution in [2.75, 3.05) is 6.67 Å². The van der Waals surface area contributed by atoms with E-state index < -0.39 is 30.3 Å². The molecule has 0 aliphatic carbocycles. The van der Waals surface area contributed by atoms with Gasteiger partial charge in [0.15, 0.2) is 5.78 Å². The number of aromatic nitrogens is 1. The first-order valence-corrected chi connectivity index (χ1v) is 8.06. The minimum absolute atomic E-state index is 0.265. The number of nitrogens with one attached hydrogen (secondary N) is 1. The lowest BCUT2D eigenvalue weighted by atomic mass is 10.0. The molecule has 0 radical (unpaired) electrons. The van der Waals surface area contributed by atoms with Crippen molar-refractivity contribution >= 4 is 11.7 Å². The number of carbonyl (C=O) groups is 2. The Morgan fingerprint density at radius 2 is 1.80 bits per heavy atom. The predicted octanol–water partition coefficient (Wildman–Crippen LogP) is 2.04. The molecular formula is C19H21FN2O3. The second-order valence-corrected chi connectivity index (χ2v) is 5.93. The number of ketones is 1. The molecule has 0 aliphatic rings. The van der Waals surface area contributed by atoms with Gasteiger partial charge in [-0.15, -0.1) is 0 Å². The maximum absolute atomic E-state index is 12.7. The van der Waals surface area contributed by atoms with E-state index in [1.807, 2.05) is 30.3 Å². The number of benzene rings is 1. The Bertz CT molecular complexity index is 802. The number of nitrogens with zero attached hydrogens (tertiary/aromatic N) is 1. The van der Waals surface area contributed by atoms with E-state index in [-0.39, 0.29) is 5.56 Å². The van der Waals surface area contributed by atoms with Crippen molar-refractivity contribution in [1.29, 1.82) is 0 Å². The van der Waals surface area contributed by atoms with Crippen LogP contribution in [0, 0.1) is 0 Å². The smallest absolute Gasteiger partial charge is 0.254 e. The fourth-order valence-electron chi connectivity index (χ4n) is 2.47. The molecule has 6 heteroatoms. The number of hydrogen-bond donors (Lipinski definition) is 1. The molecule has 0 spiro atoms. The average molecular weight is 344 g/mol. The third-order valence-electron chi connectivity index (χ3n) is 4.08. The molecule has 1 aromatic carbocycles.